The first-order valence-corrected chi connectivity index (χ1v) is 10.2. The van der Waals surface area contributed by atoms with Crippen molar-refractivity contribution in [2.75, 3.05) is 31.5 Å². The van der Waals surface area contributed by atoms with Crippen molar-refractivity contribution < 1.29 is 14.4 Å². The summed E-state index contributed by atoms with van der Waals surface area (Å²) in [5.41, 5.74) is 0.921. The number of carbonyl (C=O) groups is 3. The van der Waals surface area contributed by atoms with Crippen molar-refractivity contribution >= 4 is 23.4 Å². The Morgan fingerprint density at radius 2 is 1.57 bits per heavy atom. The number of anilines is 1. The normalized spacial score (nSPS) is 15.2. The van der Waals surface area contributed by atoms with Crippen LogP contribution < -0.4 is 5.32 Å². The fourth-order valence-electron chi connectivity index (χ4n) is 3.45. The van der Waals surface area contributed by atoms with Crippen molar-refractivity contribution in [2.45, 2.75) is 47.5 Å². The van der Waals surface area contributed by atoms with Gasteiger partial charge in [0, 0.05) is 48.8 Å². The van der Waals surface area contributed by atoms with Gasteiger partial charge in [0.15, 0.2) is 0 Å². The summed E-state index contributed by atoms with van der Waals surface area (Å²) in [6.45, 7) is 12.2. The molecule has 1 N–H and O–H groups in total. The van der Waals surface area contributed by atoms with E-state index in [1.165, 1.54) is 0 Å². The predicted octanol–water partition coefficient (Wildman–Crippen LogP) is 3.39. The molecule has 1 aromatic carbocycles. The molecule has 1 aromatic rings. The minimum absolute atomic E-state index is 0.00114. The number of hydrogen-bond acceptors (Lipinski definition) is 3. The van der Waals surface area contributed by atoms with Gasteiger partial charge in [-0.25, -0.2) is 0 Å². The minimum atomic E-state index is -0.389. The lowest BCUT2D eigenvalue weighted by molar-refractivity contribution is -0.142. The minimum Gasteiger partial charge on any atom is -0.342 e. The SMILES string of the molecule is CCN(CC)C(=O)c1ccc(NC(=O)C2CCN(C(=O)C(C)(C)C)CC2)cc1. The van der Waals surface area contributed by atoms with Gasteiger partial charge in [0.25, 0.3) is 5.91 Å². The Morgan fingerprint density at radius 1 is 1.04 bits per heavy atom. The average molecular weight is 388 g/mol. The summed E-state index contributed by atoms with van der Waals surface area (Å²) in [5, 5.41) is 2.94. The van der Waals surface area contributed by atoms with Gasteiger partial charge in [0.2, 0.25) is 11.8 Å². The molecular weight excluding hydrogens is 354 g/mol. The Morgan fingerprint density at radius 3 is 2.04 bits per heavy atom. The number of piperidine rings is 1. The maximum Gasteiger partial charge on any atom is 0.253 e. The van der Waals surface area contributed by atoms with Crippen LogP contribution in [0.4, 0.5) is 5.69 Å². The van der Waals surface area contributed by atoms with Gasteiger partial charge in [-0.1, -0.05) is 20.8 Å². The van der Waals surface area contributed by atoms with Gasteiger partial charge in [-0.15, -0.1) is 0 Å². The molecule has 3 amide bonds. The van der Waals surface area contributed by atoms with E-state index in [4.69, 9.17) is 0 Å². The van der Waals surface area contributed by atoms with Crippen LogP contribution in [0.15, 0.2) is 24.3 Å². The third-order valence-corrected chi connectivity index (χ3v) is 5.24. The van der Waals surface area contributed by atoms with Crippen LogP contribution in [0.2, 0.25) is 0 Å². The van der Waals surface area contributed by atoms with Gasteiger partial charge in [-0.3, -0.25) is 14.4 Å². The molecule has 1 aliphatic rings. The smallest absolute Gasteiger partial charge is 0.253 e. The van der Waals surface area contributed by atoms with Crippen molar-refractivity contribution in [2.24, 2.45) is 11.3 Å². The first kappa shape index (κ1) is 21.9. The first-order valence-electron chi connectivity index (χ1n) is 10.2. The molecule has 1 fully saturated rings. The zero-order chi connectivity index (χ0) is 20.9. The summed E-state index contributed by atoms with van der Waals surface area (Å²) < 4.78 is 0. The molecule has 0 radical (unpaired) electrons. The zero-order valence-corrected chi connectivity index (χ0v) is 17.7. The number of hydrogen-bond donors (Lipinski definition) is 1. The van der Waals surface area contributed by atoms with Gasteiger partial charge in [-0.05, 0) is 51.0 Å². The van der Waals surface area contributed by atoms with Crippen molar-refractivity contribution in [3.63, 3.8) is 0 Å². The maximum absolute atomic E-state index is 12.6. The van der Waals surface area contributed by atoms with Crippen LogP contribution in [0.1, 0.15) is 57.8 Å². The Labute approximate surface area is 168 Å². The highest BCUT2D eigenvalue weighted by molar-refractivity contribution is 5.96. The molecule has 0 spiro atoms. The molecular formula is C22H33N3O3. The van der Waals surface area contributed by atoms with Crippen molar-refractivity contribution in [1.29, 1.82) is 0 Å². The molecule has 28 heavy (non-hydrogen) atoms. The van der Waals surface area contributed by atoms with Crippen molar-refractivity contribution in [3.8, 4) is 0 Å². The largest absolute Gasteiger partial charge is 0.342 e. The van der Waals surface area contributed by atoms with E-state index >= 15 is 0 Å². The molecule has 1 aliphatic heterocycles. The molecule has 0 bridgehead atoms. The highest BCUT2D eigenvalue weighted by Crippen LogP contribution is 2.24. The van der Waals surface area contributed by atoms with Crippen LogP contribution in [-0.2, 0) is 9.59 Å². The van der Waals surface area contributed by atoms with Gasteiger partial charge >= 0.3 is 0 Å². The summed E-state index contributed by atoms with van der Waals surface area (Å²) in [6.07, 6.45) is 1.35. The average Bonchev–Trinajstić information content (AvgIpc) is 2.68. The molecule has 1 saturated heterocycles. The Kier molecular flexibility index (Phi) is 7.22. The molecule has 0 aliphatic carbocycles. The quantitative estimate of drug-likeness (QED) is 0.842. The molecule has 0 saturated carbocycles. The fourth-order valence-corrected chi connectivity index (χ4v) is 3.45. The predicted molar refractivity (Wildman–Crippen MR) is 111 cm³/mol. The van der Waals surface area contributed by atoms with Crippen molar-refractivity contribution in [1.82, 2.24) is 9.80 Å². The fraction of sp³-hybridized carbons (Fsp3) is 0.591. The lowest BCUT2D eigenvalue weighted by Gasteiger charge is -2.35. The van der Waals surface area contributed by atoms with Gasteiger partial charge in [0.05, 0.1) is 0 Å². The number of amides is 3. The van der Waals surface area contributed by atoms with Crippen LogP contribution in [-0.4, -0.2) is 53.7 Å². The third-order valence-electron chi connectivity index (χ3n) is 5.24. The second kappa shape index (κ2) is 9.22. The second-order valence-corrected chi connectivity index (χ2v) is 8.36. The van der Waals surface area contributed by atoms with Crippen LogP contribution in [0, 0.1) is 11.3 Å². The molecule has 2 rings (SSSR count). The number of benzene rings is 1. The lowest BCUT2D eigenvalue weighted by atomic mass is 9.90. The molecule has 6 heteroatoms. The summed E-state index contributed by atoms with van der Waals surface area (Å²) in [6, 6.07) is 7.04. The standard InChI is InChI=1S/C22H33N3O3/c1-6-24(7-2)20(27)17-8-10-18(11-9-17)23-19(26)16-12-14-25(15-13-16)21(28)22(3,4)5/h8-11,16H,6-7,12-15H2,1-5H3,(H,23,26). The van der Waals surface area contributed by atoms with Crippen LogP contribution in [0.3, 0.4) is 0 Å². The monoisotopic (exact) mass is 387 g/mol. The summed E-state index contributed by atoms with van der Waals surface area (Å²) in [7, 11) is 0. The van der Waals surface area contributed by atoms with Crippen LogP contribution in [0.5, 0.6) is 0 Å². The van der Waals surface area contributed by atoms with E-state index in [0.717, 1.165) is 0 Å². The van der Waals surface area contributed by atoms with E-state index in [-0.39, 0.29) is 29.1 Å². The zero-order valence-electron chi connectivity index (χ0n) is 17.7. The maximum atomic E-state index is 12.6. The van der Waals surface area contributed by atoms with Crippen LogP contribution >= 0.6 is 0 Å². The van der Waals surface area contributed by atoms with Gasteiger partial charge in [-0.2, -0.15) is 0 Å². The number of likely N-dealkylation sites (tertiary alicyclic amines) is 1. The summed E-state index contributed by atoms with van der Waals surface area (Å²) >= 11 is 0. The van der Waals surface area contributed by atoms with Crippen molar-refractivity contribution in [3.05, 3.63) is 29.8 Å². The third kappa shape index (κ3) is 5.33. The Balaban J connectivity index is 1.90. The first-order chi connectivity index (χ1) is 13.2. The molecule has 0 aromatic heterocycles. The lowest BCUT2D eigenvalue weighted by Crippen LogP contribution is -2.45. The number of rotatable bonds is 5. The topological polar surface area (TPSA) is 69.7 Å². The van der Waals surface area contributed by atoms with E-state index in [9.17, 15) is 14.4 Å². The van der Waals surface area contributed by atoms with Crippen LogP contribution in [0.25, 0.3) is 0 Å². The summed E-state index contributed by atoms with van der Waals surface area (Å²) in [4.78, 5) is 40.9. The van der Waals surface area contributed by atoms with E-state index in [1.807, 2.05) is 39.5 Å². The van der Waals surface area contributed by atoms with E-state index in [0.29, 0.717) is 50.3 Å². The van der Waals surface area contributed by atoms with Gasteiger partial charge in [0.1, 0.15) is 0 Å². The molecule has 1 heterocycles. The second-order valence-electron chi connectivity index (χ2n) is 8.36. The number of carbonyl (C=O) groups excluding carboxylic acids is 3. The number of nitrogens with zero attached hydrogens (tertiary/aromatic N) is 2. The highest BCUT2D eigenvalue weighted by Gasteiger charge is 2.32. The molecule has 154 valence electrons. The van der Waals surface area contributed by atoms with E-state index in [1.54, 1.807) is 29.2 Å². The molecule has 6 nitrogen and oxygen atoms in total. The highest BCUT2D eigenvalue weighted by atomic mass is 16.2. The number of nitrogens with one attached hydrogen (secondary N) is 1. The van der Waals surface area contributed by atoms with Gasteiger partial charge < -0.3 is 15.1 Å². The molecule has 0 unspecified atom stereocenters. The summed E-state index contributed by atoms with van der Waals surface area (Å²) in [5.74, 6) is 0.0188. The Bertz CT molecular complexity index is 695. The Hall–Kier alpha value is -2.37. The van der Waals surface area contributed by atoms with E-state index < -0.39 is 0 Å². The molecule has 0 atom stereocenters. The van der Waals surface area contributed by atoms with E-state index in [2.05, 4.69) is 5.32 Å².